The Morgan fingerprint density at radius 2 is 1.50 bits per heavy atom. The van der Waals surface area contributed by atoms with Crippen molar-refractivity contribution in [2.75, 3.05) is 0 Å². The third kappa shape index (κ3) is 1.44. The fourth-order valence-corrected chi connectivity index (χ4v) is 0.393. The van der Waals surface area contributed by atoms with Gasteiger partial charge in [-0.05, 0) is 6.42 Å². The Labute approximate surface area is 48.4 Å². The maximum absolute atomic E-state index is 2.12. The zero-order valence-corrected chi connectivity index (χ0v) is 4.47. The first-order valence-electron chi connectivity index (χ1n) is 1.82. The molecular formula is C5H6Fe. The van der Waals surface area contributed by atoms with Crippen molar-refractivity contribution in [3.8, 4) is 0 Å². The van der Waals surface area contributed by atoms with E-state index in [2.05, 4.69) is 24.3 Å². The van der Waals surface area contributed by atoms with Gasteiger partial charge in [-0.2, -0.15) is 0 Å². The van der Waals surface area contributed by atoms with Crippen LogP contribution in [-0.2, 0) is 17.1 Å². The summed E-state index contributed by atoms with van der Waals surface area (Å²) in [5.74, 6) is 0. The van der Waals surface area contributed by atoms with Crippen molar-refractivity contribution in [2.45, 2.75) is 6.42 Å². The van der Waals surface area contributed by atoms with Gasteiger partial charge in [-0.3, -0.25) is 0 Å². The molecule has 0 aliphatic heterocycles. The minimum absolute atomic E-state index is 0. The number of rotatable bonds is 0. The van der Waals surface area contributed by atoms with E-state index in [1.807, 2.05) is 0 Å². The Kier molecular flexibility index (Phi) is 3.20. The predicted octanol–water partition coefficient (Wildman–Crippen LogP) is 1.50. The number of hydrogen-bond acceptors (Lipinski definition) is 0. The second-order valence-corrected chi connectivity index (χ2v) is 1.09. The van der Waals surface area contributed by atoms with Crippen LogP contribution < -0.4 is 0 Å². The maximum atomic E-state index is 2.12. The largest absolute Gasteiger partial charge is 0.0808 e. The molecule has 0 spiro atoms. The molecule has 0 aromatic carbocycles. The van der Waals surface area contributed by atoms with E-state index in [1.54, 1.807) is 0 Å². The fraction of sp³-hybridized carbons (Fsp3) is 0.200. The van der Waals surface area contributed by atoms with Crippen LogP contribution in [-0.4, -0.2) is 0 Å². The van der Waals surface area contributed by atoms with E-state index in [0.29, 0.717) is 0 Å². The van der Waals surface area contributed by atoms with Crippen LogP contribution in [0.1, 0.15) is 6.42 Å². The van der Waals surface area contributed by atoms with Crippen molar-refractivity contribution in [3.63, 3.8) is 0 Å². The first-order chi connectivity index (χ1) is 2.50. The van der Waals surface area contributed by atoms with Gasteiger partial charge in [0.05, 0.1) is 0 Å². The van der Waals surface area contributed by atoms with E-state index < -0.39 is 0 Å². The van der Waals surface area contributed by atoms with E-state index in [1.165, 1.54) is 0 Å². The van der Waals surface area contributed by atoms with Gasteiger partial charge in [-0.1, -0.05) is 24.3 Å². The first kappa shape index (κ1) is 6.00. The van der Waals surface area contributed by atoms with Gasteiger partial charge < -0.3 is 0 Å². The molecule has 0 aromatic rings. The summed E-state index contributed by atoms with van der Waals surface area (Å²) in [6.45, 7) is 0. The topological polar surface area (TPSA) is 0 Å². The van der Waals surface area contributed by atoms with Crippen molar-refractivity contribution in [1.82, 2.24) is 0 Å². The van der Waals surface area contributed by atoms with Crippen LogP contribution in [0.25, 0.3) is 0 Å². The molecule has 0 saturated carbocycles. The van der Waals surface area contributed by atoms with E-state index in [4.69, 9.17) is 0 Å². The Morgan fingerprint density at radius 1 is 1.00 bits per heavy atom. The molecule has 0 nitrogen and oxygen atoms in total. The Morgan fingerprint density at radius 3 is 1.67 bits per heavy atom. The average Bonchev–Trinajstić information content (AvgIpc) is 1.76. The van der Waals surface area contributed by atoms with Crippen LogP contribution in [0.4, 0.5) is 0 Å². The zero-order chi connectivity index (χ0) is 3.54. The van der Waals surface area contributed by atoms with Crippen molar-refractivity contribution < 1.29 is 17.1 Å². The average molecular weight is 122 g/mol. The van der Waals surface area contributed by atoms with Crippen molar-refractivity contribution >= 4 is 0 Å². The molecule has 1 rings (SSSR count). The summed E-state index contributed by atoms with van der Waals surface area (Å²) in [6, 6.07) is 0. The van der Waals surface area contributed by atoms with E-state index in [-0.39, 0.29) is 17.1 Å². The molecule has 0 amide bonds. The predicted molar refractivity (Wildman–Crippen MR) is 22.9 cm³/mol. The molecule has 0 atom stereocenters. The first-order valence-corrected chi connectivity index (χ1v) is 1.82. The second-order valence-electron chi connectivity index (χ2n) is 1.09. The van der Waals surface area contributed by atoms with Gasteiger partial charge in [0.25, 0.3) is 0 Å². The summed E-state index contributed by atoms with van der Waals surface area (Å²) >= 11 is 0. The molecule has 0 N–H and O–H groups in total. The summed E-state index contributed by atoms with van der Waals surface area (Å²) in [6.07, 6.45) is 9.50. The molecule has 0 radical (unpaired) electrons. The van der Waals surface area contributed by atoms with Crippen molar-refractivity contribution in [3.05, 3.63) is 24.3 Å². The van der Waals surface area contributed by atoms with Crippen LogP contribution >= 0.6 is 0 Å². The number of hydrogen-bond donors (Lipinski definition) is 0. The molecule has 0 unspecified atom stereocenters. The fourth-order valence-electron chi connectivity index (χ4n) is 0.393. The quantitative estimate of drug-likeness (QED) is 0.427. The minimum Gasteiger partial charge on any atom is -0.0808 e. The van der Waals surface area contributed by atoms with Crippen LogP contribution in [0.2, 0.25) is 0 Å². The Balaban J connectivity index is 0.000000250. The van der Waals surface area contributed by atoms with Gasteiger partial charge in [0, 0.05) is 17.1 Å². The van der Waals surface area contributed by atoms with Crippen molar-refractivity contribution in [2.24, 2.45) is 0 Å². The monoisotopic (exact) mass is 122 g/mol. The van der Waals surface area contributed by atoms with Crippen LogP contribution in [0.3, 0.4) is 0 Å². The molecule has 1 aliphatic rings. The summed E-state index contributed by atoms with van der Waals surface area (Å²) in [7, 11) is 0. The normalized spacial score (nSPS) is 14.7. The third-order valence-electron chi connectivity index (χ3n) is 0.655. The van der Waals surface area contributed by atoms with Crippen LogP contribution in [0, 0.1) is 0 Å². The Bertz CT molecular complexity index is 62.0. The second kappa shape index (κ2) is 3.20. The van der Waals surface area contributed by atoms with Gasteiger partial charge >= 0.3 is 0 Å². The summed E-state index contributed by atoms with van der Waals surface area (Å²) < 4.78 is 0. The summed E-state index contributed by atoms with van der Waals surface area (Å²) in [5, 5.41) is 0. The molecular weight excluding hydrogens is 116 g/mol. The van der Waals surface area contributed by atoms with Gasteiger partial charge in [0.2, 0.25) is 0 Å². The van der Waals surface area contributed by atoms with E-state index in [0.717, 1.165) is 6.42 Å². The van der Waals surface area contributed by atoms with Gasteiger partial charge in [-0.25, -0.2) is 0 Å². The van der Waals surface area contributed by atoms with Crippen LogP contribution in [0.5, 0.6) is 0 Å². The molecule has 0 bridgehead atoms. The molecule has 1 heteroatoms. The smallest absolute Gasteiger partial charge is 0 e. The standard InChI is InChI=1S/C5H6.Fe/c1-2-4-5-3-1;/h1-4H,5H2;. The SMILES string of the molecule is C1=CCC=C1.[Fe]. The number of allylic oxidation sites excluding steroid dienone is 4. The van der Waals surface area contributed by atoms with E-state index in [9.17, 15) is 0 Å². The molecule has 1 aliphatic carbocycles. The van der Waals surface area contributed by atoms with Gasteiger partial charge in [0.1, 0.15) is 0 Å². The Hall–Kier alpha value is -0.000519. The summed E-state index contributed by atoms with van der Waals surface area (Å²) in [5.41, 5.74) is 0. The molecule has 0 aromatic heterocycles. The molecule has 0 saturated heterocycles. The van der Waals surface area contributed by atoms with Crippen molar-refractivity contribution in [1.29, 1.82) is 0 Å². The van der Waals surface area contributed by atoms with Gasteiger partial charge in [0.15, 0.2) is 0 Å². The van der Waals surface area contributed by atoms with Gasteiger partial charge in [-0.15, -0.1) is 0 Å². The molecule has 34 valence electrons. The minimum atomic E-state index is 0. The van der Waals surface area contributed by atoms with E-state index >= 15 is 0 Å². The zero-order valence-electron chi connectivity index (χ0n) is 3.37. The summed E-state index contributed by atoms with van der Waals surface area (Å²) in [4.78, 5) is 0. The molecule has 6 heavy (non-hydrogen) atoms. The van der Waals surface area contributed by atoms with Crippen LogP contribution in [0.15, 0.2) is 24.3 Å². The molecule has 0 fully saturated rings. The molecule has 0 heterocycles. The third-order valence-corrected chi connectivity index (χ3v) is 0.655. The maximum Gasteiger partial charge on any atom is 0 e.